The van der Waals surface area contributed by atoms with Gasteiger partial charge in [-0.2, -0.15) is 5.26 Å². The van der Waals surface area contributed by atoms with Gasteiger partial charge in [0.1, 0.15) is 0 Å². The maximum atomic E-state index is 9.13. The molecule has 0 atom stereocenters. The molecule has 0 unspecified atom stereocenters. The van der Waals surface area contributed by atoms with Gasteiger partial charge in [0.15, 0.2) is 0 Å². The van der Waals surface area contributed by atoms with Gasteiger partial charge < -0.3 is 5.32 Å². The van der Waals surface area contributed by atoms with Crippen LogP contribution in [-0.4, -0.2) is 31.1 Å². The van der Waals surface area contributed by atoms with Crippen molar-refractivity contribution in [3.63, 3.8) is 0 Å². The van der Waals surface area contributed by atoms with E-state index < -0.39 is 0 Å². The Hall–Kier alpha value is -1.37. The lowest BCUT2D eigenvalue weighted by Gasteiger charge is -2.34. The number of nitrogens with one attached hydrogen (secondary N) is 1. The monoisotopic (exact) mass is 257 g/mol. The Morgan fingerprint density at radius 2 is 1.95 bits per heavy atom. The molecule has 3 nitrogen and oxygen atoms in total. The average Bonchev–Trinajstić information content (AvgIpc) is 2.48. The Bertz CT molecular complexity index is 442. The Morgan fingerprint density at radius 3 is 2.58 bits per heavy atom. The van der Waals surface area contributed by atoms with E-state index in [-0.39, 0.29) is 0 Å². The van der Waals surface area contributed by atoms with E-state index in [2.05, 4.69) is 36.4 Å². The molecule has 0 radical (unpaired) electrons. The van der Waals surface area contributed by atoms with Gasteiger partial charge in [0.2, 0.25) is 0 Å². The van der Waals surface area contributed by atoms with Crippen LogP contribution in [0.3, 0.4) is 0 Å². The molecule has 0 amide bonds. The molecule has 1 aromatic carbocycles. The molecule has 0 aromatic heterocycles. The molecule has 0 heterocycles. The van der Waals surface area contributed by atoms with Crippen LogP contribution in [0.4, 0.5) is 0 Å². The van der Waals surface area contributed by atoms with Crippen LogP contribution in [0, 0.1) is 11.3 Å². The Kier molecular flexibility index (Phi) is 4.95. The Labute approximate surface area is 116 Å². The van der Waals surface area contributed by atoms with Crippen molar-refractivity contribution in [3.8, 4) is 6.07 Å². The maximum absolute atomic E-state index is 9.13. The van der Waals surface area contributed by atoms with Gasteiger partial charge in [0, 0.05) is 18.6 Å². The van der Waals surface area contributed by atoms with Gasteiger partial charge in [-0.05, 0) is 51.4 Å². The van der Waals surface area contributed by atoms with E-state index in [0.717, 1.165) is 17.7 Å². The molecule has 0 spiro atoms. The summed E-state index contributed by atoms with van der Waals surface area (Å²) < 4.78 is 0. The van der Waals surface area contributed by atoms with Crippen molar-refractivity contribution in [2.45, 2.75) is 44.3 Å². The summed E-state index contributed by atoms with van der Waals surface area (Å²) in [5, 5.41) is 12.5. The molecular weight excluding hydrogens is 234 g/mol. The van der Waals surface area contributed by atoms with E-state index in [4.69, 9.17) is 5.26 Å². The zero-order valence-electron chi connectivity index (χ0n) is 11.9. The molecule has 3 heteroatoms. The van der Waals surface area contributed by atoms with Gasteiger partial charge in [0.05, 0.1) is 11.6 Å². The van der Waals surface area contributed by atoms with Crippen LogP contribution in [-0.2, 0) is 6.54 Å². The Balaban J connectivity index is 1.94. The number of nitrogens with zero attached hydrogens (tertiary/aromatic N) is 2. The van der Waals surface area contributed by atoms with Gasteiger partial charge in [-0.25, -0.2) is 0 Å². The summed E-state index contributed by atoms with van der Waals surface area (Å²) in [5.41, 5.74) is 1.95. The second kappa shape index (κ2) is 6.70. The standard InChI is InChI=1S/C16H23N3/c1-18-15-7-9-16(10-8-15)19(2)12-14-6-4-3-5-13(14)11-17/h3-6,15-16,18H,7-10,12H2,1-2H3. The zero-order valence-corrected chi connectivity index (χ0v) is 11.9. The fraction of sp³-hybridized carbons (Fsp3) is 0.562. The van der Waals surface area contributed by atoms with Crippen molar-refractivity contribution < 1.29 is 0 Å². The third kappa shape index (κ3) is 3.56. The van der Waals surface area contributed by atoms with Gasteiger partial charge in [-0.3, -0.25) is 4.90 Å². The maximum Gasteiger partial charge on any atom is 0.0995 e. The second-order valence-corrected chi connectivity index (χ2v) is 5.48. The first-order chi connectivity index (χ1) is 9.24. The summed E-state index contributed by atoms with van der Waals surface area (Å²) in [6.45, 7) is 0.874. The molecule has 19 heavy (non-hydrogen) atoms. The van der Waals surface area contributed by atoms with Crippen molar-refractivity contribution in [2.24, 2.45) is 0 Å². The lowest BCUT2D eigenvalue weighted by molar-refractivity contribution is 0.170. The number of benzene rings is 1. The fourth-order valence-corrected chi connectivity index (χ4v) is 2.97. The molecule has 0 bridgehead atoms. The highest BCUT2D eigenvalue weighted by Gasteiger charge is 2.23. The summed E-state index contributed by atoms with van der Waals surface area (Å²) in [6.07, 6.45) is 5.00. The SMILES string of the molecule is CNC1CCC(N(C)Cc2ccccc2C#N)CC1. The van der Waals surface area contributed by atoms with E-state index in [9.17, 15) is 0 Å². The zero-order chi connectivity index (χ0) is 13.7. The fourth-order valence-electron chi connectivity index (χ4n) is 2.97. The Morgan fingerprint density at radius 1 is 1.26 bits per heavy atom. The molecule has 1 fully saturated rings. The van der Waals surface area contributed by atoms with Crippen LogP contribution in [0.1, 0.15) is 36.8 Å². The minimum atomic E-state index is 0.649. The molecule has 0 aliphatic heterocycles. The van der Waals surface area contributed by atoms with E-state index in [1.807, 2.05) is 18.2 Å². The highest BCUT2D eigenvalue weighted by molar-refractivity contribution is 5.37. The predicted molar refractivity (Wildman–Crippen MR) is 77.7 cm³/mol. The van der Waals surface area contributed by atoms with Crippen LogP contribution >= 0.6 is 0 Å². The highest BCUT2D eigenvalue weighted by atomic mass is 15.1. The van der Waals surface area contributed by atoms with Gasteiger partial charge in [-0.1, -0.05) is 18.2 Å². The van der Waals surface area contributed by atoms with Crippen molar-refractivity contribution in [3.05, 3.63) is 35.4 Å². The topological polar surface area (TPSA) is 39.1 Å². The van der Waals surface area contributed by atoms with Crippen LogP contribution in [0.5, 0.6) is 0 Å². The number of nitriles is 1. The minimum Gasteiger partial charge on any atom is -0.317 e. The first-order valence-corrected chi connectivity index (χ1v) is 7.10. The van der Waals surface area contributed by atoms with E-state index in [1.165, 1.54) is 25.7 Å². The first kappa shape index (κ1) is 14.0. The van der Waals surface area contributed by atoms with Crippen LogP contribution in [0.25, 0.3) is 0 Å². The summed E-state index contributed by atoms with van der Waals surface area (Å²) in [4.78, 5) is 2.40. The third-order valence-corrected chi connectivity index (χ3v) is 4.29. The first-order valence-electron chi connectivity index (χ1n) is 7.10. The van der Waals surface area contributed by atoms with Gasteiger partial charge in [-0.15, -0.1) is 0 Å². The highest BCUT2D eigenvalue weighted by Crippen LogP contribution is 2.23. The van der Waals surface area contributed by atoms with Crippen LogP contribution in [0.2, 0.25) is 0 Å². The number of hydrogen-bond acceptors (Lipinski definition) is 3. The van der Waals surface area contributed by atoms with Gasteiger partial charge >= 0.3 is 0 Å². The van der Waals surface area contributed by atoms with Crippen molar-refractivity contribution in [2.75, 3.05) is 14.1 Å². The normalized spacial score (nSPS) is 23.3. The van der Waals surface area contributed by atoms with E-state index >= 15 is 0 Å². The lowest BCUT2D eigenvalue weighted by Crippen LogP contribution is -2.39. The number of rotatable bonds is 4. The minimum absolute atomic E-state index is 0.649. The molecule has 1 aliphatic carbocycles. The largest absolute Gasteiger partial charge is 0.317 e. The van der Waals surface area contributed by atoms with Crippen LogP contribution in [0.15, 0.2) is 24.3 Å². The van der Waals surface area contributed by atoms with Crippen molar-refractivity contribution >= 4 is 0 Å². The molecule has 102 valence electrons. The van der Waals surface area contributed by atoms with E-state index in [1.54, 1.807) is 0 Å². The number of hydrogen-bond donors (Lipinski definition) is 1. The average molecular weight is 257 g/mol. The summed E-state index contributed by atoms with van der Waals surface area (Å²) in [7, 11) is 4.23. The van der Waals surface area contributed by atoms with Crippen molar-refractivity contribution in [1.29, 1.82) is 5.26 Å². The van der Waals surface area contributed by atoms with Crippen LogP contribution < -0.4 is 5.32 Å². The molecule has 2 rings (SSSR count). The molecule has 1 N–H and O–H groups in total. The smallest absolute Gasteiger partial charge is 0.0995 e. The van der Waals surface area contributed by atoms with Crippen molar-refractivity contribution in [1.82, 2.24) is 10.2 Å². The molecule has 1 saturated carbocycles. The van der Waals surface area contributed by atoms with E-state index in [0.29, 0.717) is 12.1 Å². The van der Waals surface area contributed by atoms with Gasteiger partial charge in [0.25, 0.3) is 0 Å². The lowest BCUT2D eigenvalue weighted by atomic mass is 9.90. The molecule has 1 aliphatic rings. The second-order valence-electron chi connectivity index (χ2n) is 5.48. The summed E-state index contributed by atoms with van der Waals surface area (Å²) >= 11 is 0. The molecule has 1 aromatic rings. The third-order valence-electron chi connectivity index (χ3n) is 4.29. The molecular formula is C16H23N3. The quantitative estimate of drug-likeness (QED) is 0.901. The molecule has 0 saturated heterocycles. The predicted octanol–water partition coefficient (Wildman–Crippen LogP) is 2.52. The summed E-state index contributed by atoms with van der Waals surface area (Å²) in [5.74, 6) is 0. The summed E-state index contributed by atoms with van der Waals surface area (Å²) in [6, 6.07) is 11.5.